The van der Waals surface area contributed by atoms with Gasteiger partial charge in [0.15, 0.2) is 0 Å². The molecular formula is C9H21BrNO4-. The van der Waals surface area contributed by atoms with Gasteiger partial charge >= 0.3 is 0 Å². The van der Waals surface area contributed by atoms with Gasteiger partial charge in [-0.25, -0.2) is 16.3 Å². The number of nitrogens with zero attached hydrogens (tertiary/aromatic N) is 1. The normalized spacial score (nSPS) is 7.73. The van der Waals surface area contributed by atoms with Crippen LogP contribution in [0.2, 0.25) is 0 Å². The number of carbonyl (C=O) groups excluding carboxylic acids is 2. The van der Waals surface area contributed by atoms with Crippen LogP contribution in [0.3, 0.4) is 0 Å². The fourth-order valence-electron chi connectivity index (χ4n) is 0. The minimum atomic E-state index is -1.08. The fourth-order valence-corrected chi connectivity index (χ4v) is 0. The highest BCUT2D eigenvalue weighted by atomic mass is 79.9. The average molecular weight is 287 g/mol. The number of halogens is 1. The van der Waals surface area contributed by atoms with Gasteiger partial charge < -0.3 is 23.4 Å². The maximum atomic E-state index is 8.89. The topological polar surface area (TPSA) is 80.3 Å². The van der Waals surface area contributed by atoms with Crippen molar-refractivity contribution in [3.8, 4) is 0 Å². The molecule has 0 atom stereocenters. The second kappa shape index (κ2) is 19.2. The Hall–Kier alpha value is -0.460. The number of quaternary nitrogens is 1. The van der Waals surface area contributed by atoms with Crippen molar-refractivity contribution in [2.75, 3.05) is 27.7 Å². The van der Waals surface area contributed by atoms with Crippen LogP contribution in [0.5, 0.6) is 0 Å². The van der Waals surface area contributed by atoms with Gasteiger partial charge in [0.05, 0.1) is 27.7 Å². The largest absolute Gasteiger partial charge is 0.791 e. The zero-order valence-corrected chi connectivity index (χ0v) is 11.8. The molecule has 0 aromatic heterocycles. The number of hydrogen-bond donors (Lipinski definition) is 0. The highest BCUT2D eigenvalue weighted by Gasteiger charge is 1.97. The maximum Gasteiger partial charge on any atom is 0.116 e. The number of carboxylic acid groups (broad SMARTS) is 1. The predicted octanol–water partition coefficient (Wildman–Crippen LogP) is -0.669. The van der Waals surface area contributed by atoms with Gasteiger partial charge in [0, 0.05) is 5.97 Å². The summed E-state index contributed by atoms with van der Waals surface area (Å²) in [5.74, 6) is -1.08. The number of hydrogen-bond acceptors (Lipinski definition) is 4. The van der Waals surface area contributed by atoms with E-state index in [1.54, 1.807) is 16.3 Å². The van der Waals surface area contributed by atoms with Gasteiger partial charge in [-0.2, -0.15) is 0 Å². The van der Waals surface area contributed by atoms with E-state index >= 15 is 0 Å². The first-order valence-electron chi connectivity index (χ1n) is 4.24. The molecule has 6 heteroatoms. The first kappa shape index (κ1) is 24.0. The molecule has 0 aromatic rings. The van der Waals surface area contributed by atoms with Crippen molar-refractivity contribution in [2.45, 2.75) is 20.8 Å². The Morgan fingerprint density at radius 3 is 1.40 bits per heavy atom. The lowest BCUT2D eigenvalue weighted by Crippen LogP contribution is -2.33. The third kappa shape index (κ3) is 279. The lowest BCUT2D eigenvalue weighted by atomic mass is 10.6. The number of aliphatic carboxylic acids is 1. The first-order valence-corrected chi connectivity index (χ1v) is 4.89. The van der Waals surface area contributed by atoms with Crippen LogP contribution < -0.4 is 9.30 Å². The molecule has 0 saturated carbocycles. The summed E-state index contributed by atoms with van der Waals surface area (Å²) in [4.78, 5) is 17.7. The molecule has 0 fully saturated rings. The monoisotopic (exact) mass is 286 g/mol. The molecule has 0 saturated heterocycles. The summed E-state index contributed by atoms with van der Waals surface area (Å²) in [5, 5.41) is 8.89. The SMILES string of the molecule is CC(=O)[O-].CC=O.CC[N+](C)(C)C.[O-]Br. The summed E-state index contributed by atoms with van der Waals surface area (Å²) in [6, 6.07) is 0. The minimum Gasteiger partial charge on any atom is -0.791 e. The van der Waals surface area contributed by atoms with E-state index in [9.17, 15) is 0 Å². The second-order valence-corrected chi connectivity index (χ2v) is 3.33. The second-order valence-electron chi connectivity index (χ2n) is 3.33. The highest BCUT2D eigenvalue weighted by molar-refractivity contribution is 9.04. The van der Waals surface area contributed by atoms with E-state index in [2.05, 4.69) is 28.1 Å². The molecule has 0 unspecified atom stereocenters. The maximum absolute atomic E-state index is 8.89. The van der Waals surface area contributed by atoms with Crippen LogP contribution in [0.4, 0.5) is 0 Å². The summed E-state index contributed by atoms with van der Waals surface area (Å²) in [6.07, 6.45) is 0.750. The standard InChI is InChI=1S/C5H14N.C2H4O2.C2H4O.BrO/c1-5-6(2,3)4;1-2(3)4;1-2-3;1-2/h5H2,1-4H3;1H3,(H,3,4);2H,1H3;/q+1;;;-1/p-1. The molecule has 0 heterocycles. The van der Waals surface area contributed by atoms with E-state index in [-0.39, 0.29) is 0 Å². The number of rotatable bonds is 1. The summed E-state index contributed by atoms with van der Waals surface area (Å²) >= 11 is 1.69. The van der Waals surface area contributed by atoms with Crippen molar-refractivity contribution >= 4 is 28.5 Å². The molecule has 5 nitrogen and oxygen atoms in total. The zero-order valence-electron chi connectivity index (χ0n) is 10.2. The van der Waals surface area contributed by atoms with Crippen molar-refractivity contribution in [3.05, 3.63) is 0 Å². The van der Waals surface area contributed by atoms with Gasteiger partial charge in [-0.3, -0.25) is 0 Å². The van der Waals surface area contributed by atoms with Gasteiger partial charge in [-0.05, 0) is 20.8 Å². The summed E-state index contributed by atoms with van der Waals surface area (Å²) in [5.41, 5.74) is 0. The van der Waals surface area contributed by atoms with E-state index in [4.69, 9.17) is 18.9 Å². The van der Waals surface area contributed by atoms with E-state index < -0.39 is 5.97 Å². The Labute approximate surface area is 101 Å². The lowest BCUT2D eigenvalue weighted by molar-refractivity contribution is -0.868. The van der Waals surface area contributed by atoms with Crippen molar-refractivity contribution < 1.29 is 23.4 Å². The Morgan fingerprint density at radius 1 is 1.33 bits per heavy atom. The van der Waals surface area contributed by atoms with Gasteiger partial charge in [0.2, 0.25) is 0 Å². The van der Waals surface area contributed by atoms with Gasteiger partial charge in [-0.1, -0.05) is 0 Å². The smallest absolute Gasteiger partial charge is 0.116 e. The Kier molecular flexibility index (Phi) is 30.7. The highest BCUT2D eigenvalue weighted by Crippen LogP contribution is 1.83. The van der Waals surface area contributed by atoms with Crippen LogP contribution in [-0.2, 0) is 9.59 Å². The van der Waals surface area contributed by atoms with Crippen molar-refractivity contribution in [3.63, 3.8) is 0 Å². The molecule has 0 N–H and O–H groups in total. The van der Waals surface area contributed by atoms with Crippen LogP contribution in [0.25, 0.3) is 0 Å². The predicted molar refractivity (Wildman–Crippen MR) is 59.9 cm³/mol. The molecule has 0 amide bonds. The molecule has 0 bridgehead atoms. The number of carboxylic acids is 1. The van der Waals surface area contributed by atoms with Crippen LogP contribution in [-0.4, -0.2) is 44.4 Å². The van der Waals surface area contributed by atoms with Crippen LogP contribution in [0, 0.1) is 0 Å². The number of aldehydes is 1. The van der Waals surface area contributed by atoms with Gasteiger partial charge in [0.1, 0.15) is 6.29 Å². The quantitative estimate of drug-likeness (QED) is 0.473. The molecule has 0 spiro atoms. The van der Waals surface area contributed by atoms with Crippen molar-refractivity contribution in [2.24, 2.45) is 0 Å². The summed E-state index contributed by atoms with van der Waals surface area (Å²) < 4.78 is 9.13. The Bertz CT molecular complexity index is 131. The molecule has 0 aromatic carbocycles. The van der Waals surface area contributed by atoms with E-state index in [0.29, 0.717) is 0 Å². The summed E-state index contributed by atoms with van der Waals surface area (Å²) in [6.45, 7) is 5.81. The van der Waals surface area contributed by atoms with Crippen LogP contribution in [0.1, 0.15) is 20.8 Å². The molecule has 94 valence electrons. The van der Waals surface area contributed by atoms with E-state index in [1.165, 1.54) is 13.5 Å². The van der Waals surface area contributed by atoms with Crippen LogP contribution >= 0.6 is 16.3 Å². The average Bonchev–Trinajstić information content (AvgIpc) is 2.07. The molecule has 15 heavy (non-hydrogen) atoms. The Morgan fingerprint density at radius 2 is 1.40 bits per heavy atom. The van der Waals surface area contributed by atoms with E-state index in [1.807, 2.05) is 0 Å². The third-order valence-electron chi connectivity index (χ3n) is 0.949. The first-order chi connectivity index (χ1) is 6.71. The summed E-state index contributed by atoms with van der Waals surface area (Å²) in [7, 11) is 6.54. The van der Waals surface area contributed by atoms with Crippen molar-refractivity contribution in [1.82, 2.24) is 0 Å². The molecule has 0 aliphatic carbocycles. The van der Waals surface area contributed by atoms with E-state index in [0.717, 1.165) is 17.7 Å². The minimum absolute atomic E-state index is 0.750. The van der Waals surface area contributed by atoms with Crippen molar-refractivity contribution in [1.29, 1.82) is 0 Å². The molecule has 0 radical (unpaired) electrons. The molecule has 0 aliphatic heterocycles. The molecular weight excluding hydrogens is 266 g/mol. The molecule has 0 aliphatic rings. The number of carbonyl (C=O) groups is 2. The molecule has 0 rings (SSSR count). The van der Waals surface area contributed by atoms with Gasteiger partial charge in [0.25, 0.3) is 0 Å². The third-order valence-corrected chi connectivity index (χ3v) is 0.949. The van der Waals surface area contributed by atoms with Gasteiger partial charge in [-0.15, -0.1) is 0 Å². The zero-order chi connectivity index (χ0) is 13.5. The lowest BCUT2D eigenvalue weighted by Gasteiger charge is -2.20. The fraction of sp³-hybridized carbons (Fsp3) is 0.778. The van der Waals surface area contributed by atoms with Crippen LogP contribution in [0.15, 0.2) is 0 Å². The Balaban J connectivity index is -0.0000000590.